The molecule has 1 nitrogen and oxygen atoms in total. The van der Waals surface area contributed by atoms with E-state index in [1.807, 2.05) is 7.05 Å². The monoisotopic (exact) mass is 97.1 g/mol. The molecule has 1 aliphatic rings. The SMILES string of the molecule is C=C1CC(NC)C1. The van der Waals surface area contributed by atoms with Gasteiger partial charge in [-0.3, -0.25) is 0 Å². The van der Waals surface area contributed by atoms with Gasteiger partial charge < -0.3 is 5.32 Å². The van der Waals surface area contributed by atoms with E-state index < -0.39 is 0 Å². The van der Waals surface area contributed by atoms with Crippen molar-refractivity contribution in [2.24, 2.45) is 0 Å². The highest BCUT2D eigenvalue weighted by Gasteiger charge is 2.17. The summed E-state index contributed by atoms with van der Waals surface area (Å²) >= 11 is 0. The van der Waals surface area contributed by atoms with E-state index in [0.29, 0.717) is 0 Å². The van der Waals surface area contributed by atoms with Crippen LogP contribution in [0.2, 0.25) is 0 Å². The molecule has 40 valence electrons. The van der Waals surface area contributed by atoms with Gasteiger partial charge in [-0.15, -0.1) is 0 Å². The Morgan fingerprint density at radius 3 is 2.43 bits per heavy atom. The minimum atomic E-state index is 0.743. The molecule has 0 heterocycles. The van der Waals surface area contributed by atoms with Crippen LogP contribution in [0, 0.1) is 0 Å². The van der Waals surface area contributed by atoms with Crippen LogP contribution in [0.3, 0.4) is 0 Å². The highest BCUT2D eigenvalue weighted by molar-refractivity contribution is 5.10. The normalized spacial score (nSPS) is 22.1. The smallest absolute Gasteiger partial charge is 0.0138 e. The minimum absolute atomic E-state index is 0.743. The second kappa shape index (κ2) is 1.66. The lowest BCUT2D eigenvalue weighted by Gasteiger charge is -2.27. The zero-order valence-electron chi connectivity index (χ0n) is 4.70. The molecule has 0 atom stereocenters. The summed E-state index contributed by atoms with van der Waals surface area (Å²) in [6.45, 7) is 3.82. The molecule has 0 spiro atoms. The van der Waals surface area contributed by atoms with E-state index in [1.165, 1.54) is 18.4 Å². The zero-order valence-corrected chi connectivity index (χ0v) is 4.70. The van der Waals surface area contributed by atoms with Crippen LogP contribution in [0.25, 0.3) is 0 Å². The summed E-state index contributed by atoms with van der Waals surface area (Å²) in [6.07, 6.45) is 2.38. The Hall–Kier alpha value is -0.300. The van der Waals surface area contributed by atoms with Crippen LogP contribution in [0.4, 0.5) is 0 Å². The van der Waals surface area contributed by atoms with Crippen molar-refractivity contribution in [1.29, 1.82) is 0 Å². The predicted octanol–water partition coefficient (Wildman–Crippen LogP) is 0.924. The second-order valence-electron chi connectivity index (χ2n) is 2.14. The Labute approximate surface area is 44.4 Å². The third-order valence-corrected chi connectivity index (χ3v) is 1.48. The number of hydrogen-bond acceptors (Lipinski definition) is 1. The van der Waals surface area contributed by atoms with Crippen molar-refractivity contribution in [3.05, 3.63) is 12.2 Å². The van der Waals surface area contributed by atoms with Gasteiger partial charge in [0, 0.05) is 6.04 Å². The maximum absolute atomic E-state index is 3.82. The topological polar surface area (TPSA) is 12.0 Å². The van der Waals surface area contributed by atoms with Crippen LogP contribution in [0.15, 0.2) is 12.2 Å². The minimum Gasteiger partial charge on any atom is -0.316 e. The first-order chi connectivity index (χ1) is 3.33. The van der Waals surface area contributed by atoms with Crippen molar-refractivity contribution < 1.29 is 0 Å². The fourth-order valence-corrected chi connectivity index (χ4v) is 0.841. The molecule has 1 saturated carbocycles. The van der Waals surface area contributed by atoms with Gasteiger partial charge in [0.1, 0.15) is 0 Å². The highest BCUT2D eigenvalue weighted by Crippen LogP contribution is 2.23. The van der Waals surface area contributed by atoms with Crippen molar-refractivity contribution >= 4 is 0 Å². The van der Waals surface area contributed by atoms with Gasteiger partial charge >= 0.3 is 0 Å². The van der Waals surface area contributed by atoms with Crippen LogP contribution in [0.5, 0.6) is 0 Å². The maximum Gasteiger partial charge on any atom is 0.0138 e. The van der Waals surface area contributed by atoms with Gasteiger partial charge in [0.2, 0.25) is 0 Å². The first kappa shape index (κ1) is 4.85. The molecule has 0 bridgehead atoms. The molecule has 7 heavy (non-hydrogen) atoms. The molecule has 0 amide bonds. The standard InChI is InChI=1S/C6H11N/c1-5-3-6(4-5)7-2/h6-7H,1,3-4H2,2H3. The molecular formula is C6H11N. The van der Waals surface area contributed by atoms with Crippen molar-refractivity contribution in [1.82, 2.24) is 5.32 Å². The van der Waals surface area contributed by atoms with Crippen LogP contribution in [0.1, 0.15) is 12.8 Å². The Balaban J connectivity index is 2.17. The number of nitrogens with one attached hydrogen (secondary N) is 1. The van der Waals surface area contributed by atoms with Crippen LogP contribution in [-0.2, 0) is 0 Å². The van der Waals surface area contributed by atoms with Crippen molar-refractivity contribution in [2.75, 3.05) is 7.05 Å². The van der Waals surface area contributed by atoms with Gasteiger partial charge in [-0.2, -0.15) is 0 Å². The summed E-state index contributed by atoms with van der Waals surface area (Å²) in [7, 11) is 2.00. The van der Waals surface area contributed by atoms with Crippen molar-refractivity contribution in [3.63, 3.8) is 0 Å². The Morgan fingerprint density at radius 1 is 1.71 bits per heavy atom. The second-order valence-corrected chi connectivity index (χ2v) is 2.14. The van der Waals surface area contributed by atoms with Gasteiger partial charge in [0.25, 0.3) is 0 Å². The third kappa shape index (κ3) is 0.829. The summed E-state index contributed by atoms with van der Waals surface area (Å²) in [6, 6.07) is 0.743. The lowest BCUT2D eigenvalue weighted by Crippen LogP contribution is -2.33. The number of hydrogen-bond donors (Lipinski definition) is 1. The van der Waals surface area contributed by atoms with Crippen LogP contribution < -0.4 is 5.32 Å². The zero-order chi connectivity index (χ0) is 5.28. The van der Waals surface area contributed by atoms with Crippen molar-refractivity contribution in [2.45, 2.75) is 18.9 Å². The van der Waals surface area contributed by atoms with E-state index in [2.05, 4.69) is 11.9 Å². The molecular weight excluding hydrogens is 86.1 g/mol. The third-order valence-electron chi connectivity index (χ3n) is 1.48. The molecule has 1 fully saturated rings. The molecule has 0 aromatic heterocycles. The Morgan fingerprint density at radius 2 is 2.29 bits per heavy atom. The summed E-state index contributed by atoms with van der Waals surface area (Å²) < 4.78 is 0. The van der Waals surface area contributed by atoms with E-state index in [0.717, 1.165) is 6.04 Å². The van der Waals surface area contributed by atoms with Gasteiger partial charge in [0.05, 0.1) is 0 Å². The van der Waals surface area contributed by atoms with E-state index in [4.69, 9.17) is 0 Å². The number of rotatable bonds is 1. The van der Waals surface area contributed by atoms with E-state index in [9.17, 15) is 0 Å². The van der Waals surface area contributed by atoms with Gasteiger partial charge in [-0.25, -0.2) is 0 Å². The molecule has 1 aliphatic carbocycles. The van der Waals surface area contributed by atoms with Gasteiger partial charge in [-0.05, 0) is 19.9 Å². The lowest BCUT2D eigenvalue weighted by molar-refractivity contribution is 0.464. The summed E-state index contributed by atoms with van der Waals surface area (Å²) in [5.41, 5.74) is 1.39. The molecule has 1 N–H and O–H groups in total. The Bertz CT molecular complexity index is 78.2. The fraction of sp³-hybridized carbons (Fsp3) is 0.667. The van der Waals surface area contributed by atoms with Gasteiger partial charge in [-0.1, -0.05) is 12.2 Å². The van der Waals surface area contributed by atoms with Gasteiger partial charge in [0.15, 0.2) is 0 Å². The highest BCUT2D eigenvalue weighted by atomic mass is 14.9. The molecule has 0 radical (unpaired) electrons. The molecule has 0 unspecified atom stereocenters. The molecule has 0 aromatic rings. The predicted molar refractivity (Wildman–Crippen MR) is 31.2 cm³/mol. The molecule has 1 heteroatoms. The van der Waals surface area contributed by atoms with Crippen molar-refractivity contribution in [3.8, 4) is 0 Å². The Kier molecular flexibility index (Phi) is 1.15. The first-order valence-corrected chi connectivity index (χ1v) is 2.67. The summed E-state index contributed by atoms with van der Waals surface area (Å²) in [5.74, 6) is 0. The molecule has 0 aliphatic heterocycles. The average Bonchev–Trinajstić information content (AvgIpc) is 1.58. The fourth-order valence-electron chi connectivity index (χ4n) is 0.841. The van der Waals surface area contributed by atoms with Crippen LogP contribution in [-0.4, -0.2) is 13.1 Å². The van der Waals surface area contributed by atoms with E-state index >= 15 is 0 Å². The van der Waals surface area contributed by atoms with Crippen LogP contribution >= 0.6 is 0 Å². The summed E-state index contributed by atoms with van der Waals surface area (Å²) in [5, 5.41) is 3.17. The largest absolute Gasteiger partial charge is 0.316 e. The lowest BCUT2D eigenvalue weighted by atomic mass is 9.88. The van der Waals surface area contributed by atoms with E-state index in [-0.39, 0.29) is 0 Å². The average molecular weight is 97.2 g/mol. The maximum atomic E-state index is 3.82. The molecule has 0 saturated heterocycles. The molecule has 0 aromatic carbocycles. The quantitative estimate of drug-likeness (QED) is 0.480. The summed E-state index contributed by atoms with van der Waals surface area (Å²) in [4.78, 5) is 0. The van der Waals surface area contributed by atoms with E-state index in [1.54, 1.807) is 0 Å². The molecule has 1 rings (SSSR count). The first-order valence-electron chi connectivity index (χ1n) is 2.67.